The summed E-state index contributed by atoms with van der Waals surface area (Å²) in [4.78, 5) is 28.3. The molecule has 4 aromatic heterocycles. The van der Waals surface area contributed by atoms with Crippen LogP contribution in [0.1, 0.15) is 17.9 Å². The van der Waals surface area contributed by atoms with Crippen LogP contribution in [0.25, 0.3) is 91.1 Å². The molecule has 1 aliphatic rings. The van der Waals surface area contributed by atoms with E-state index < -0.39 is 0 Å². The zero-order valence-corrected chi connectivity index (χ0v) is 31.5. The van der Waals surface area contributed by atoms with Crippen LogP contribution < -0.4 is 10.4 Å². The zero-order valence-electron chi connectivity index (χ0n) is 31.5. The fourth-order valence-electron chi connectivity index (χ4n) is 7.66. The molecule has 0 fully saturated rings. The minimum atomic E-state index is 0.267. The molecule has 4 heterocycles. The van der Waals surface area contributed by atoms with Gasteiger partial charge in [0.1, 0.15) is 0 Å². The van der Waals surface area contributed by atoms with Gasteiger partial charge in [0, 0.05) is 64.1 Å². The van der Waals surface area contributed by atoms with Crippen molar-refractivity contribution in [3.05, 3.63) is 205 Å². The van der Waals surface area contributed by atoms with E-state index in [1.54, 1.807) is 24.8 Å². The molecule has 6 heteroatoms. The van der Waals surface area contributed by atoms with E-state index in [4.69, 9.17) is 19.9 Å². The quantitative estimate of drug-likeness (QED) is 0.154. The van der Waals surface area contributed by atoms with Crippen LogP contribution in [0.5, 0.6) is 0 Å². The normalized spacial score (nSPS) is 13.2. The van der Waals surface area contributed by atoms with Gasteiger partial charge >= 0.3 is 0 Å². The van der Waals surface area contributed by atoms with Crippen LogP contribution in [-0.4, -0.2) is 29.9 Å². The third kappa shape index (κ3) is 7.11. The van der Waals surface area contributed by atoms with Crippen LogP contribution in [0.15, 0.2) is 189 Å². The lowest BCUT2D eigenvalue weighted by Crippen LogP contribution is -2.30. The standard InChI is InChI=1S/C52H36N6/c1-3-8-41(9-4-1)51-55-47(33-49(57-51)39-24-28-53-29-25-39)37-18-14-35(15-19-37)43-22-23-46-44(32-43)12-7-13-45(46)36-16-20-38(21-17-36)48-34-50(40-26-30-54-31-27-40)58-52(56-48)42-10-5-2-6-11-42/h1-21,23-34,43H,22H2. The highest BCUT2D eigenvalue weighted by molar-refractivity contribution is 5.76. The topological polar surface area (TPSA) is 77.3 Å². The Balaban J connectivity index is 0.935. The van der Waals surface area contributed by atoms with Crippen molar-refractivity contribution in [3.63, 3.8) is 0 Å². The Morgan fingerprint density at radius 2 is 0.828 bits per heavy atom. The maximum Gasteiger partial charge on any atom is 0.160 e. The third-order valence-corrected chi connectivity index (χ3v) is 10.7. The summed E-state index contributed by atoms with van der Waals surface area (Å²) in [5.41, 5.74) is 13.2. The lowest BCUT2D eigenvalue weighted by Gasteiger charge is -2.17. The minimum Gasteiger partial charge on any atom is -0.265 e. The molecule has 0 spiro atoms. The minimum absolute atomic E-state index is 0.267. The Bertz CT molecular complexity index is 2880. The van der Waals surface area contributed by atoms with Crippen LogP contribution in [0.3, 0.4) is 0 Å². The van der Waals surface area contributed by atoms with Crippen molar-refractivity contribution >= 4 is 12.2 Å². The Morgan fingerprint density at radius 3 is 1.33 bits per heavy atom. The first kappa shape index (κ1) is 34.8. The van der Waals surface area contributed by atoms with Crippen LogP contribution in [0, 0.1) is 0 Å². The average Bonchev–Trinajstić information content (AvgIpc) is 3.32. The van der Waals surface area contributed by atoms with Crippen molar-refractivity contribution < 1.29 is 0 Å². The number of pyridine rings is 2. The van der Waals surface area contributed by atoms with Gasteiger partial charge in [0.25, 0.3) is 0 Å². The van der Waals surface area contributed by atoms with Gasteiger partial charge in [0.15, 0.2) is 11.6 Å². The van der Waals surface area contributed by atoms with E-state index in [0.29, 0.717) is 11.6 Å². The van der Waals surface area contributed by atoms with E-state index in [1.165, 1.54) is 27.1 Å². The first-order valence-corrected chi connectivity index (χ1v) is 19.4. The molecule has 58 heavy (non-hydrogen) atoms. The summed E-state index contributed by atoms with van der Waals surface area (Å²) in [5.74, 6) is 1.66. The number of aromatic nitrogens is 6. The molecule has 9 aromatic rings. The summed E-state index contributed by atoms with van der Waals surface area (Å²) in [7, 11) is 0. The Morgan fingerprint density at radius 1 is 0.379 bits per heavy atom. The SMILES string of the molecule is C1=c2cccc(-c3ccc(-c4cc(-c5ccncc5)nc(-c5ccccc5)n4)cc3)c2=CCC1c1ccc(-c2cc(-c3ccncc3)nc(-c3ccccc3)n2)cc1. The van der Waals surface area contributed by atoms with Crippen LogP contribution in [0.2, 0.25) is 0 Å². The monoisotopic (exact) mass is 744 g/mol. The predicted molar refractivity (Wildman–Crippen MR) is 233 cm³/mol. The molecule has 0 saturated carbocycles. The maximum atomic E-state index is 5.02. The molecular weight excluding hydrogens is 709 g/mol. The largest absolute Gasteiger partial charge is 0.265 e. The first-order valence-electron chi connectivity index (χ1n) is 19.4. The van der Waals surface area contributed by atoms with Gasteiger partial charge in [-0.05, 0) is 69.9 Å². The summed E-state index contributed by atoms with van der Waals surface area (Å²) in [6.07, 6.45) is 12.9. The van der Waals surface area contributed by atoms with E-state index in [-0.39, 0.29) is 5.92 Å². The summed E-state index contributed by atoms with van der Waals surface area (Å²) in [6.45, 7) is 0. The molecule has 10 rings (SSSR count). The molecule has 0 N–H and O–H groups in total. The van der Waals surface area contributed by atoms with E-state index in [2.05, 4.69) is 101 Å². The third-order valence-electron chi connectivity index (χ3n) is 10.7. The van der Waals surface area contributed by atoms with E-state index in [1.807, 2.05) is 84.9 Å². The van der Waals surface area contributed by atoms with Crippen molar-refractivity contribution in [2.24, 2.45) is 0 Å². The molecule has 274 valence electrons. The molecule has 0 bridgehead atoms. The lowest BCUT2D eigenvalue weighted by atomic mass is 9.88. The van der Waals surface area contributed by atoms with Crippen molar-refractivity contribution in [2.45, 2.75) is 12.3 Å². The number of nitrogens with zero attached hydrogens (tertiary/aromatic N) is 6. The Hall–Kier alpha value is -7.70. The van der Waals surface area contributed by atoms with E-state index in [0.717, 1.165) is 62.6 Å². The molecule has 1 aliphatic carbocycles. The zero-order chi connectivity index (χ0) is 38.7. The molecule has 0 radical (unpaired) electrons. The summed E-state index contributed by atoms with van der Waals surface area (Å²) in [6, 6.07) is 56.5. The molecule has 6 nitrogen and oxygen atoms in total. The first-order chi connectivity index (χ1) is 28.7. The summed E-state index contributed by atoms with van der Waals surface area (Å²) < 4.78 is 0. The van der Waals surface area contributed by atoms with Gasteiger partial charge in [-0.25, -0.2) is 19.9 Å². The van der Waals surface area contributed by atoms with Gasteiger partial charge in [0.2, 0.25) is 0 Å². The second-order valence-corrected chi connectivity index (χ2v) is 14.3. The second-order valence-electron chi connectivity index (χ2n) is 14.3. The van der Waals surface area contributed by atoms with Crippen molar-refractivity contribution in [2.75, 3.05) is 0 Å². The number of benzene rings is 5. The summed E-state index contributed by atoms with van der Waals surface area (Å²) in [5, 5.41) is 2.52. The van der Waals surface area contributed by atoms with Gasteiger partial charge in [-0.2, -0.15) is 0 Å². The predicted octanol–water partition coefficient (Wildman–Crippen LogP) is 10.5. The van der Waals surface area contributed by atoms with Crippen LogP contribution in [0.4, 0.5) is 0 Å². The molecule has 0 aliphatic heterocycles. The Labute approximate surface area is 336 Å². The average molecular weight is 745 g/mol. The van der Waals surface area contributed by atoms with Gasteiger partial charge in [-0.15, -0.1) is 0 Å². The van der Waals surface area contributed by atoms with Crippen LogP contribution >= 0.6 is 0 Å². The molecule has 1 atom stereocenters. The van der Waals surface area contributed by atoms with Crippen molar-refractivity contribution in [1.29, 1.82) is 0 Å². The second kappa shape index (κ2) is 15.4. The summed E-state index contributed by atoms with van der Waals surface area (Å²) >= 11 is 0. The molecule has 0 amide bonds. The van der Waals surface area contributed by atoms with Gasteiger partial charge < -0.3 is 0 Å². The van der Waals surface area contributed by atoms with E-state index >= 15 is 0 Å². The number of rotatable bonds is 8. The number of hydrogen-bond acceptors (Lipinski definition) is 6. The van der Waals surface area contributed by atoms with E-state index in [9.17, 15) is 0 Å². The number of fused-ring (bicyclic) bond motifs is 1. The lowest BCUT2D eigenvalue weighted by molar-refractivity contribution is 0.921. The highest BCUT2D eigenvalue weighted by Crippen LogP contribution is 2.32. The number of hydrogen-bond donors (Lipinski definition) is 0. The molecule has 0 saturated heterocycles. The van der Waals surface area contributed by atoms with Crippen molar-refractivity contribution in [3.8, 4) is 78.9 Å². The molecule has 5 aromatic carbocycles. The highest BCUT2D eigenvalue weighted by atomic mass is 14.9. The van der Waals surface area contributed by atoms with Gasteiger partial charge in [-0.1, -0.05) is 140 Å². The molecule has 1 unspecified atom stereocenters. The highest BCUT2D eigenvalue weighted by Gasteiger charge is 2.16. The van der Waals surface area contributed by atoms with Gasteiger partial charge in [-0.3, -0.25) is 9.97 Å². The van der Waals surface area contributed by atoms with Crippen molar-refractivity contribution in [1.82, 2.24) is 29.9 Å². The van der Waals surface area contributed by atoms with Gasteiger partial charge in [0.05, 0.1) is 22.8 Å². The molecular formula is C52H36N6. The smallest absolute Gasteiger partial charge is 0.160 e. The van der Waals surface area contributed by atoms with Crippen LogP contribution in [-0.2, 0) is 0 Å². The maximum absolute atomic E-state index is 5.02. The fourth-order valence-corrected chi connectivity index (χ4v) is 7.66. The fraction of sp³-hybridized carbons (Fsp3) is 0.0385. The Kier molecular flexibility index (Phi) is 9.26.